The highest BCUT2D eigenvalue weighted by Crippen LogP contribution is 2.30. The number of methoxy groups -OCH3 is 1. The van der Waals surface area contributed by atoms with Crippen molar-refractivity contribution in [3.05, 3.63) is 72.1 Å². The average molecular weight is 452 g/mol. The quantitative estimate of drug-likeness (QED) is 0.309. The molecule has 1 heterocycles. The van der Waals surface area contributed by atoms with Gasteiger partial charge in [0.05, 0.1) is 23.9 Å². The first-order chi connectivity index (χ1) is 15.3. The number of hydrogen-bond acceptors (Lipinski definition) is 8. The average Bonchev–Trinajstić information content (AvgIpc) is 3.24. The maximum Gasteiger partial charge on any atom is 0.161 e. The second-order valence-electron chi connectivity index (χ2n) is 6.95. The number of rotatable bonds is 7. The van der Waals surface area contributed by atoms with E-state index >= 15 is 0 Å². The maximum atomic E-state index is 11.6. The number of fused-ring (bicyclic) bond motifs is 1. The number of hydrogen-bond donors (Lipinski definition) is 0. The Labute approximate surface area is 183 Å². The first-order valence-electron chi connectivity index (χ1n) is 9.49. The Bertz CT molecular complexity index is 1430. The minimum Gasteiger partial charge on any atom is -0.744 e. The summed E-state index contributed by atoms with van der Waals surface area (Å²) in [5.41, 5.74) is 1.58. The van der Waals surface area contributed by atoms with Gasteiger partial charge < -0.3 is 14.0 Å². The van der Waals surface area contributed by atoms with Crippen molar-refractivity contribution < 1.29 is 27.2 Å². The molecule has 10 heteroatoms. The van der Waals surface area contributed by atoms with Crippen molar-refractivity contribution in [1.82, 2.24) is 15.0 Å². The molecule has 9 nitrogen and oxygen atoms in total. The van der Waals surface area contributed by atoms with Crippen LogP contribution in [0.3, 0.4) is 0 Å². The molecule has 1 aromatic heterocycles. The standard InChI is InChI=1S/C22H19N3O6S/c1-14(26)15-9-10-20(21(11-15)30-2)31-13-16-12-25(24-23-16)19-7-3-6-18-17(19)5-4-8-22(18)32(27,28)29/h3-12H,13H2,1-2H3,(H,27,28,29)/p-1. The maximum absolute atomic E-state index is 11.6. The molecule has 3 aromatic carbocycles. The predicted molar refractivity (Wildman–Crippen MR) is 114 cm³/mol. The molecule has 164 valence electrons. The number of nitrogens with zero attached hydrogens (tertiary/aromatic N) is 3. The molecular formula is C22H18N3O6S-. The van der Waals surface area contributed by atoms with Gasteiger partial charge in [0.15, 0.2) is 17.3 Å². The van der Waals surface area contributed by atoms with Crippen molar-refractivity contribution in [2.45, 2.75) is 18.4 Å². The molecule has 0 saturated heterocycles. The van der Waals surface area contributed by atoms with Crippen molar-refractivity contribution in [3.63, 3.8) is 0 Å². The van der Waals surface area contributed by atoms with E-state index < -0.39 is 10.1 Å². The Balaban J connectivity index is 1.62. The summed E-state index contributed by atoms with van der Waals surface area (Å²) in [4.78, 5) is 11.3. The van der Waals surface area contributed by atoms with E-state index in [0.717, 1.165) is 0 Å². The van der Waals surface area contributed by atoms with Gasteiger partial charge in [-0.1, -0.05) is 29.5 Å². The van der Waals surface area contributed by atoms with Crippen molar-refractivity contribution in [3.8, 4) is 17.2 Å². The van der Waals surface area contributed by atoms with Crippen LogP contribution >= 0.6 is 0 Å². The number of carbonyl (C=O) groups is 1. The number of ether oxygens (including phenoxy) is 2. The highest BCUT2D eigenvalue weighted by Gasteiger charge is 2.13. The van der Waals surface area contributed by atoms with Crippen LogP contribution in [0, 0.1) is 0 Å². The second-order valence-corrected chi connectivity index (χ2v) is 8.30. The molecule has 0 amide bonds. The van der Waals surface area contributed by atoms with Gasteiger partial charge in [-0.05, 0) is 37.3 Å². The lowest BCUT2D eigenvalue weighted by Crippen LogP contribution is -2.02. The van der Waals surface area contributed by atoms with Crippen LogP contribution in [0.25, 0.3) is 16.5 Å². The first-order valence-corrected chi connectivity index (χ1v) is 10.9. The predicted octanol–water partition coefficient (Wildman–Crippen LogP) is 3.11. The highest BCUT2D eigenvalue weighted by molar-refractivity contribution is 7.86. The van der Waals surface area contributed by atoms with Crippen LogP contribution < -0.4 is 9.47 Å². The van der Waals surface area contributed by atoms with Gasteiger partial charge in [0.25, 0.3) is 0 Å². The molecule has 0 atom stereocenters. The number of ketones is 1. The summed E-state index contributed by atoms with van der Waals surface area (Å²) < 4.78 is 47.3. The molecule has 0 N–H and O–H groups in total. The van der Waals surface area contributed by atoms with Crippen molar-refractivity contribution >= 4 is 26.7 Å². The van der Waals surface area contributed by atoms with E-state index in [1.807, 2.05) is 0 Å². The van der Waals surface area contributed by atoms with Crippen LogP contribution in [0.5, 0.6) is 11.5 Å². The van der Waals surface area contributed by atoms with Crippen LogP contribution in [0.4, 0.5) is 0 Å². The lowest BCUT2D eigenvalue weighted by Gasteiger charge is -2.12. The van der Waals surface area contributed by atoms with E-state index in [-0.39, 0.29) is 17.3 Å². The molecule has 0 saturated carbocycles. The topological polar surface area (TPSA) is 123 Å². The van der Waals surface area contributed by atoms with Crippen LogP contribution in [-0.2, 0) is 16.7 Å². The summed E-state index contributed by atoms with van der Waals surface area (Å²) in [7, 11) is -3.14. The summed E-state index contributed by atoms with van der Waals surface area (Å²) in [5.74, 6) is 0.786. The fourth-order valence-electron chi connectivity index (χ4n) is 3.32. The normalized spacial score (nSPS) is 11.5. The molecule has 0 radical (unpaired) electrons. The smallest absolute Gasteiger partial charge is 0.161 e. The zero-order valence-electron chi connectivity index (χ0n) is 17.2. The van der Waals surface area contributed by atoms with Gasteiger partial charge in [-0.25, -0.2) is 13.1 Å². The third-order valence-corrected chi connectivity index (χ3v) is 5.76. The molecular weight excluding hydrogens is 434 g/mol. The number of benzene rings is 3. The van der Waals surface area contributed by atoms with Crippen molar-refractivity contribution in [2.75, 3.05) is 7.11 Å². The van der Waals surface area contributed by atoms with Gasteiger partial charge in [0.2, 0.25) is 0 Å². The summed E-state index contributed by atoms with van der Waals surface area (Å²) in [6.45, 7) is 1.55. The van der Waals surface area contributed by atoms with Gasteiger partial charge in [-0.2, -0.15) is 0 Å². The Hall–Kier alpha value is -3.76. The van der Waals surface area contributed by atoms with Gasteiger partial charge >= 0.3 is 0 Å². The number of carbonyl (C=O) groups excluding carboxylic acids is 1. The zero-order valence-corrected chi connectivity index (χ0v) is 18.0. The highest BCUT2D eigenvalue weighted by atomic mass is 32.2. The van der Waals surface area contributed by atoms with Crippen LogP contribution in [-0.4, -0.2) is 40.9 Å². The monoisotopic (exact) mass is 452 g/mol. The minimum atomic E-state index is -4.63. The van der Waals surface area contributed by atoms with E-state index in [1.165, 1.54) is 30.8 Å². The van der Waals surface area contributed by atoms with Crippen molar-refractivity contribution in [2.24, 2.45) is 0 Å². The fourth-order valence-corrected chi connectivity index (χ4v) is 4.01. The molecule has 0 fully saturated rings. The molecule has 0 aliphatic carbocycles. The van der Waals surface area contributed by atoms with Gasteiger partial charge in [0, 0.05) is 16.3 Å². The lowest BCUT2D eigenvalue weighted by atomic mass is 10.1. The Morgan fingerprint density at radius 3 is 2.53 bits per heavy atom. The van der Waals surface area contributed by atoms with Crippen molar-refractivity contribution in [1.29, 1.82) is 0 Å². The third kappa shape index (κ3) is 4.18. The Morgan fingerprint density at radius 2 is 1.81 bits per heavy atom. The molecule has 0 aliphatic rings. The molecule has 0 unspecified atom stereocenters. The molecule has 32 heavy (non-hydrogen) atoms. The Morgan fingerprint density at radius 1 is 1.06 bits per heavy atom. The van der Waals surface area contributed by atoms with E-state index in [4.69, 9.17) is 9.47 Å². The lowest BCUT2D eigenvalue weighted by molar-refractivity contribution is 0.101. The zero-order chi connectivity index (χ0) is 22.9. The third-order valence-electron chi connectivity index (χ3n) is 4.86. The van der Waals surface area contributed by atoms with E-state index in [2.05, 4.69) is 10.3 Å². The van der Waals surface area contributed by atoms with Gasteiger partial charge in [-0.3, -0.25) is 4.79 Å². The summed E-state index contributed by atoms with van der Waals surface area (Å²) in [6, 6.07) is 14.4. The molecule has 4 rings (SSSR count). The second kappa shape index (κ2) is 8.40. The van der Waals surface area contributed by atoms with E-state index in [1.54, 1.807) is 48.7 Å². The fraction of sp³-hybridized carbons (Fsp3) is 0.136. The first kappa shape index (κ1) is 21.5. The van der Waals surface area contributed by atoms with Crippen LogP contribution in [0.2, 0.25) is 0 Å². The summed E-state index contributed by atoms with van der Waals surface area (Å²) in [5, 5.41) is 9.06. The minimum absolute atomic E-state index is 0.0826. The summed E-state index contributed by atoms with van der Waals surface area (Å²) >= 11 is 0. The van der Waals surface area contributed by atoms with Gasteiger partial charge in [0.1, 0.15) is 22.4 Å². The van der Waals surface area contributed by atoms with Crippen LogP contribution in [0.15, 0.2) is 65.7 Å². The summed E-state index contributed by atoms with van der Waals surface area (Å²) in [6.07, 6.45) is 1.64. The molecule has 0 spiro atoms. The molecule has 0 bridgehead atoms. The molecule has 4 aromatic rings. The number of Topliss-reactive ketones (excluding diaryl/α,β-unsaturated/α-hetero) is 1. The molecule has 0 aliphatic heterocycles. The number of aromatic nitrogens is 3. The van der Waals surface area contributed by atoms with E-state index in [0.29, 0.717) is 39.2 Å². The van der Waals surface area contributed by atoms with Gasteiger partial charge in [-0.15, -0.1) is 5.10 Å². The van der Waals surface area contributed by atoms with E-state index in [9.17, 15) is 17.8 Å². The Kier molecular flexibility index (Phi) is 5.64. The largest absolute Gasteiger partial charge is 0.744 e. The SMILES string of the molecule is COc1cc(C(C)=O)ccc1OCc1cn(-c2cccc3c(S(=O)(=O)[O-])cccc23)nn1. The van der Waals surface area contributed by atoms with Crippen LogP contribution in [0.1, 0.15) is 23.0 Å².